The lowest BCUT2D eigenvalue weighted by Crippen LogP contribution is -2.28. The predicted molar refractivity (Wildman–Crippen MR) is 109 cm³/mol. The number of rotatable bonds is 9. The molecule has 0 atom stereocenters. The Balaban J connectivity index is 1.60. The lowest BCUT2D eigenvalue weighted by molar-refractivity contribution is -0.145. The first-order valence-corrected chi connectivity index (χ1v) is 10.3. The molecule has 1 aromatic carbocycles. The number of carbonyl (C=O) groups is 2. The van der Waals surface area contributed by atoms with E-state index in [1.54, 1.807) is 0 Å². The highest BCUT2D eigenvalue weighted by Gasteiger charge is 2.08. The van der Waals surface area contributed by atoms with Gasteiger partial charge in [-0.2, -0.15) is 0 Å². The Hall–Kier alpha value is -1.70. The maximum atomic E-state index is 11.8. The van der Waals surface area contributed by atoms with E-state index in [-0.39, 0.29) is 18.3 Å². The van der Waals surface area contributed by atoms with E-state index in [1.807, 2.05) is 55.4 Å². The molecule has 1 N–H and O–H groups in total. The normalized spacial score (nSPS) is 10.4. The van der Waals surface area contributed by atoms with Gasteiger partial charge in [0.2, 0.25) is 0 Å². The van der Waals surface area contributed by atoms with E-state index in [1.165, 1.54) is 23.1 Å². The van der Waals surface area contributed by atoms with Gasteiger partial charge in [-0.1, -0.05) is 23.7 Å². The fourth-order valence-electron chi connectivity index (χ4n) is 2.02. The molecule has 0 saturated heterocycles. The summed E-state index contributed by atoms with van der Waals surface area (Å²) in [4.78, 5) is 26.6. The van der Waals surface area contributed by atoms with E-state index in [0.717, 1.165) is 20.5 Å². The van der Waals surface area contributed by atoms with E-state index in [4.69, 9.17) is 16.3 Å². The molecule has 0 aliphatic heterocycles. The fraction of sp³-hybridized carbons (Fsp3) is 0.333. The van der Waals surface area contributed by atoms with Crippen molar-refractivity contribution < 1.29 is 14.3 Å². The molecular weight excluding hydrogens is 392 g/mol. The Bertz CT molecular complexity index is 732. The molecule has 0 bridgehead atoms. The van der Waals surface area contributed by atoms with E-state index >= 15 is 0 Å². The van der Waals surface area contributed by atoms with Gasteiger partial charge < -0.3 is 15.0 Å². The van der Waals surface area contributed by atoms with Crippen LogP contribution in [0, 0.1) is 0 Å². The number of esters is 1. The quantitative estimate of drug-likeness (QED) is 0.638. The van der Waals surface area contributed by atoms with Crippen LogP contribution in [-0.2, 0) is 26.6 Å². The molecule has 1 heterocycles. The number of anilines is 1. The van der Waals surface area contributed by atoms with Crippen LogP contribution in [0.25, 0.3) is 0 Å². The smallest absolute Gasteiger partial charge is 0.316 e. The van der Waals surface area contributed by atoms with Gasteiger partial charge in [-0.15, -0.1) is 23.1 Å². The summed E-state index contributed by atoms with van der Waals surface area (Å²) >= 11 is 8.78. The molecule has 0 saturated carbocycles. The van der Waals surface area contributed by atoms with E-state index < -0.39 is 5.97 Å². The summed E-state index contributed by atoms with van der Waals surface area (Å²) in [6, 6.07) is 11.6. The second kappa shape index (κ2) is 10.4. The third-order valence-corrected chi connectivity index (χ3v) is 5.77. The molecule has 8 heteroatoms. The predicted octanol–water partition coefficient (Wildman–Crippen LogP) is 3.56. The molecule has 0 radical (unpaired) electrons. The zero-order chi connectivity index (χ0) is 18.9. The minimum absolute atomic E-state index is 0.203. The molecule has 140 valence electrons. The highest BCUT2D eigenvalue weighted by Crippen LogP contribution is 2.25. The number of hydrogen-bond acceptors (Lipinski definition) is 6. The number of nitrogens with one attached hydrogen (secondary N) is 1. The maximum Gasteiger partial charge on any atom is 0.316 e. The van der Waals surface area contributed by atoms with Gasteiger partial charge in [-0.25, -0.2) is 0 Å². The van der Waals surface area contributed by atoms with Gasteiger partial charge in [0.1, 0.15) is 0 Å². The molecule has 2 aromatic rings. The van der Waals surface area contributed by atoms with Gasteiger partial charge in [0.05, 0.1) is 10.1 Å². The van der Waals surface area contributed by atoms with Crippen molar-refractivity contribution in [3.8, 4) is 0 Å². The van der Waals surface area contributed by atoms with Crippen LogP contribution in [0.4, 0.5) is 5.69 Å². The van der Waals surface area contributed by atoms with Crippen molar-refractivity contribution in [1.29, 1.82) is 0 Å². The number of amides is 1. The number of nitrogens with zero attached hydrogens (tertiary/aromatic N) is 1. The zero-order valence-corrected chi connectivity index (χ0v) is 17.0. The molecular formula is C18H21ClN2O3S2. The van der Waals surface area contributed by atoms with Crippen LogP contribution in [0.1, 0.15) is 10.4 Å². The largest absolute Gasteiger partial charge is 0.455 e. The number of thioether (sulfide) groups is 1. The first-order chi connectivity index (χ1) is 12.4. The highest BCUT2D eigenvalue weighted by molar-refractivity contribution is 7.99. The summed E-state index contributed by atoms with van der Waals surface area (Å²) in [7, 11) is 3.94. The van der Waals surface area contributed by atoms with Crippen LogP contribution in [0.2, 0.25) is 4.34 Å². The van der Waals surface area contributed by atoms with Crippen molar-refractivity contribution in [2.45, 2.75) is 12.3 Å². The topological polar surface area (TPSA) is 58.6 Å². The van der Waals surface area contributed by atoms with Gasteiger partial charge >= 0.3 is 5.97 Å². The highest BCUT2D eigenvalue weighted by atomic mass is 35.5. The molecule has 2 rings (SSSR count). The van der Waals surface area contributed by atoms with Gasteiger partial charge in [0.25, 0.3) is 5.91 Å². The van der Waals surface area contributed by atoms with E-state index in [2.05, 4.69) is 5.32 Å². The van der Waals surface area contributed by atoms with Crippen LogP contribution in [-0.4, -0.2) is 38.3 Å². The first-order valence-electron chi connectivity index (χ1n) is 7.94. The second-order valence-electron chi connectivity index (χ2n) is 5.70. The Morgan fingerprint density at radius 1 is 1.19 bits per heavy atom. The summed E-state index contributed by atoms with van der Waals surface area (Å²) in [5.41, 5.74) is 2.08. The minimum Gasteiger partial charge on any atom is -0.455 e. The lowest BCUT2D eigenvalue weighted by Gasteiger charge is -2.13. The molecule has 26 heavy (non-hydrogen) atoms. The van der Waals surface area contributed by atoms with Crippen molar-refractivity contribution in [3.05, 3.63) is 51.2 Å². The average molecular weight is 413 g/mol. The summed E-state index contributed by atoms with van der Waals surface area (Å²) in [5.74, 6) is 0.185. The summed E-state index contributed by atoms with van der Waals surface area (Å²) in [5, 5.41) is 2.74. The monoisotopic (exact) mass is 412 g/mol. The molecule has 0 unspecified atom stereocenters. The van der Waals surface area contributed by atoms with Crippen LogP contribution < -0.4 is 10.2 Å². The van der Waals surface area contributed by atoms with Gasteiger partial charge in [-0.05, 0) is 29.8 Å². The van der Waals surface area contributed by atoms with Crippen molar-refractivity contribution in [3.63, 3.8) is 0 Å². The Morgan fingerprint density at radius 3 is 2.54 bits per heavy atom. The van der Waals surface area contributed by atoms with Crippen molar-refractivity contribution in [1.82, 2.24) is 5.32 Å². The van der Waals surface area contributed by atoms with Gasteiger partial charge in [0, 0.05) is 37.0 Å². The Kier molecular flexibility index (Phi) is 8.28. The van der Waals surface area contributed by atoms with Crippen LogP contribution >= 0.6 is 34.7 Å². The fourth-order valence-corrected chi connectivity index (χ4v) is 4.03. The summed E-state index contributed by atoms with van der Waals surface area (Å²) < 4.78 is 5.72. The number of benzene rings is 1. The van der Waals surface area contributed by atoms with Crippen molar-refractivity contribution in [2.24, 2.45) is 0 Å². The van der Waals surface area contributed by atoms with Gasteiger partial charge in [0.15, 0.2) is 6.61 Å². The van der Waals surface area contributed by atoms with Gasteiger partial charge in [-0.3, -0.25) is 9.59 Å². The Morgan fingerprint density at radius 2 is 1.92 bits per heavy atom. The molecule has 0 aliphatic carbocycles. The van der Waals surface area contributed by atoms with E-state index in [9.17, 15) is 9.59 Å². The summed E-state index contributed by atoms with van der Waals surface area (Å²) in [6.45, 7) is 0.137. The van der Waals surface area contributed by atoms with Crippen LogP contribution in [0.3, 0.4) is 0 Å². The molecule has 5 nitrogen and oxygen atoms in total. The molecule has 0 spiro atoms. The molecule has 1 amide bonds. The number of carbonyl (C=O) groups excluding carboxylic acids is 2. The minimum atomic E-state index is -0.400. The van der Waals surface area contributed by atoms with E-state index in [0.29, 0.717) is 12.3 Å². The molecule has 0 fully saturated rings. The van der Waals surface area contributed by atoms with Crippen molar-refractivity contribution >= 4 is 52.3 Å². The van der Waals surface area contributed by atoms with Crippen molar-refractivity contribution in [2.75, 3.05) is 31.4 Å². The lowest BCUT2D eigenvalue weighted by atomic mass is 10.2. The molecule has 0 aliphatic rings. The zero-order valence-electron chi connectivity index (χ0n) is 14.7. The third-order valence-electron chi connectivity index (χ3n) is 3.40. The SMILES string of the molecule is CN(C)c1ccc(CNC(=O)COC(=O)CSCc2ccc(Cl)s2)cc1. The standard InChI is InChI=1S/C18H21ClN2O3S2/c1-21(2)14-5-3-13(4-6-14)9-20-17(22)10-24-18(23)12-25-11-15-7-8-16(19)26-15/h3-8H,9-12H2,1-2H3,(H,20,22). The maximum absolute atomic E-state index is 11.8. The average Bonchev–Trinajstić information content (AvgIpc) is 3.03. The van der Waals surface area contributed by atoms with Crippen LogP contribution in [0.15, 0.2) is 36.4 Å². The number of thiophene rings is 1. The second-order valence-corrected chi connectivity index (χ2v) is 8.48. The Labute approximate surface area is 166 Å². The first kappa shape index (κ1) is 20.6. The third kappa shape index (κ3) is 7.27. The molecule has 1 aromatic heterocycles. The van der Waals surface area contributed by atoms with Crippen LogP contribution in [0.5, 0.6) is 0 Å². The number of halogens is 1. The number of ether oxygens (including phenoxy) is 1. The number of hydrogen-bond donors (Lipinski definition) is 1. The summed E-state index contributed by atoms with van der Waals surface area (Å²) in [6.07, 6.45) is 0.